The lowest BCUT2D eigenvalue weighted by molar-refractivity contribution is 0.0546. The first-order valence-corrected chi connectivity index (χ1v) is 8.26. The van der Waals surface area contributed by atoms with Crippen LogP contribution >= 0.6 is 0 Å². The van der Waals surface area contributed by atoms with Crippen molar-refractivity contribution < 1.29 is 18.7 Å². The van der Waals surface area contributed by atoms with Crippen LogP contribution in [0, 0.1) is 5.82 Å². The van der Waals surface area contributed by atoms with E-state index in [9.17, 15) is 9.18 Å². The summed E-state index contributed by atoms with van der Waals surface area (Å²) in [7, 11) is 2.02. The number of piperazine rings is 1. The molecule has 1 fully saturated rings. The molecule has 0 N–H and O–H groups in total. The molecular weight excluding hydrogens is 323 g/mol. The molecule has 2 aromatic carbocycles. The fourth-order valence-electron chi connectivity index (χ4n) is 3.32. The second kappa shape index (κ2) is 6.37. The minimum Gasteiger partial charge on any atom is -0.454 e. The number of carbonyl (C=O) groups excluding carboxylic acids is 1. The van der Waals surface area contributed by atoms with Crippen molar-refractivity contribution in [2.24, 2.45) is 0 Å². The Balaban J connectivity index is 1.54. The molecule has 0 radical (unpaired) electrons. The molecule has 2 aromatic rings. The normalized spacial score (nSPS) is 19.9. The fourth-order valence-corrected chi connectivity index (χ4v) is 3.32. The summed E-state index contributed by atoms with van der Waals surface area (Å²) in [5.74, 6) is 0.989. The Morgan fingerprint density at radius 2 is 1.84 bits per heavy atom. The number of hydrogen-bond acceptors (Lipinski definition) is 4. The summed E-state index contributed by atoms with van der Waals surface area (Å²) in [4.78, 5) is 16.9. The maximum absolute atomic E-state index is 13.2. The SMILES string of the molecule is CN1CCN(C(=O)c2ccc3c(c2)OCO3)CC1c1ccc(F)cc1. The lowest BCUT2D eigenvalue weighted by Gasteiger charge is -2.39. The zero-order valence-electron chi connectivity index (χ0n) is 13.9. The molecule has 1 unspecified atom stereocenters. The van der Waals surface area contributed by atoms with Crippen LogP contribution < -0.4 is 9.47 Å². The Hall–Kier alpha value is -2.60. The zero-order chi connectivity index (χ0) is 17.4. The summed E-state index contributed by atoms with van der Waals surface area (Å²) in [5, 5.41) is 0. The van der Waals surface area contributed by atoms with E-state index in [0.29, 0.717) is 30.2 Å². The minimum absolute atomic E-state index is 0.0292. The second-order valence-electron chi connectivity index (χ2n) is 6.37. The fraction of sp³-hybridized carbons (Fsp3) is 0.316. The summed E-state index contributed by atoms with van der Waals surface area (Å²) < 4.78 is 23.8. The summed E-state index contributed by atoms with van der Waals surface area (Å²) in [6.07, 6.45) is 0. The maximum atomic E-state index is 13.2. The lowest BCUT2D eigenvalue weighted by Crippen LogP contribution is -2.49. The van der Waals surface area contributed by atoms with Gasteiger partial charge in [-0.05, 0) is 42.9 Å². The van der Waals surface area contributed by atoms with Crippen LogP contribution in [0.4, 0.5) is 4.39 Å². The van der Waals surface area contributed by atoms with Crippen molar-refractivity contribution in [3.05, 3.63) is 59.4 Å². The first-order chi connectivity index (χ1) is 12.1. The number of fused-ring (bicyclic) bond motifs is 1. The average Bonchev–Trinajstić information content (AvgIpc) is 3.10. The van der Waals surface area contributed by atoms with E-state index < -0.39 is 0 Å². The summed E-state index contributed by atoms with van der Waals surface area (Å²) in [5.41, 5.74) is 1.60. The highest BCUT2D eigenvalue weighted by atomic mass is 19.1. The molecule has 25 heavy (non-hydrogen) atoms. The summed E-state index contributed by atoms with van der Waals surface area (Å²) in [6.45, 7) is 2.17. The van der Waals surface area contributed by atoms with Gasteiger partial charge in [0.15, 0.2) is 11.5 Å². The third-order valence-corrected chi connectivity index (χ3v) is 4.81. The Bertz CT molecular complexity index is 794. The molecule has 4 rings (SSSR count). The molecular formula is C19H19FN2O3. The van der Waals surface area contributed by atoms with Crippen LogP contribution in [0.3, 0.4) is 0 Å². The molecule has 2 heterocycles. The van der Waals surface area contributed by atoms with Crippen molar-refractivity contribution in [1.29, 1.82) is 0 Å². The molecule has 5 nitrogen and oxygen atoms in total. The van der Waals surface area contributed by atoms with Gasteiger partial charge in [0.2, 0.25) is 6.79 Å². The summed E-state index contributed by atoms with van der Waals surface area (Å²) in [6, 6.07) is 11.8. The van der Waals surface area contributed by atoms with Gasteiger partial charge in [-0.15, -0.1) is 0 Å². The van der Waals surface area contributed by atoms with Crippen molar-refractivity contribution >= 4 is 5.91 Å². The van der Waals surface area contributed by atoms with Gasteiger partial charge in [-0.1, -0.05) is 12.1 Å². The smallest absolute Gasteiger partial charge is 0.254 e. The zero-order valence-corrected chi connectivity index (χ0v) is 13.9. The van der Waals surface area contributed by atoms with Gasteiger partial charge in [0.25, 0.3) is 5.91 Å². The number of carbonyl (C=O) groups is 1. The van der Waals surface area contributed by atoms with Gasteiger partial charge < -0.3 is 14.4 Å². The van der Waals surface area contributed by atoms with E-state index in [1.54, 1.807) is 30.3 Å². The van der Waals surface area contributed by atoms with E-state index >= 15 is 0 Å². The molecule has 0 saturated carbocycles. The highest BCUT2D eigenvalue weighted by Gasteiger charge is 2.29. The number of halogens is 1. The molecule has 0 bridgehead atoms. The number of ether oxygens (including phenoxy) is 2. The largest absolute Gasteiger partial charge is 0.454 e. The summed E-state index contributed by atoms with van der Waals surface area (Å²) >= 11 is 0. The molecule has 130 valence electrons. The van der Waals surface area contributed by atoms with Crippen molar-refractivity contribution in [2.75, 3.05) is 33.5 Å². The first-order valence-electron chi connectivity index (χ1n) is 8.26. The predicted octanol–water partition coefficient (Wildman–Crippen LogP) is 2.68. The van der Waals surface area contributed by atoms with Gasteiger partial charge in [0.1, 0.15) is 5.82 Å². The van der Waals surface area contributed by atoms with E-state index in [2.05, 4.69) is 4.90 Å². The van der Waals surface area contributed by atoms with Gasteiger partial charge in [-0.25, -0.2) is 4.39 Å². The van der Waals surface area contributed by atoms with Crippen LogP contribution in [-0.4, -0.2) is 49.2 Å². The number of likely N-dealkylation sites (N-methyl/N-ethyl adjacent to an activating group) is 1. The van der Waals surface area contributed by atoms with Gasteiger partial charge >= 0.3 is 0 Å². The number of benzene rings is 2. The number of rotatable bonds is 2. The molecule has 1 amide bonds. The van der Waals surface area contributed by atoms with Gasteiger partial charge in [0.05, 0.1) is 6.04 Å². The molecule has 2 aliphatic rings. The molecule has 2 aliphatic heterocycles. The third kappa shape index (κ3) is 3.05. The lowest BCUT2D eigenvalue weighted by atomic mass is 10.0. The quantitative estimate of drug-likeness (QED) is 0.842. The van der Waals surface area contributed by atoms with Crippen LogP contribution in [0.25, 0.3) is 0 Å². The molecule has 0 spiro atoms. The van der Waals surface area contributed by atoms with Crippen LogP contribution in [0.5, 0.6) is 11.5 Å². The van der Waals surface area contributed by atoms with Crippen molar-refractivity contribution in [3.63, 3.8) is 0 Å². The maximum Gasteiger partial charge on any atom is 0.254 e. The number of nitrogens with zero attached hydrogens (tertiary/aromatic N) is 2. The number of amides is 1. The predicted molar refractivity (Wildman–Crippen MR) is 90.2 cm³/mol. The Labute approximate surface area is 145 Å². The monoisotopic (exact) mass is 342 g/mol. The van der Waals surface area contributed by atoms with Gasteiger partial charge in [-0.2, -0.15) is 0 Å². The highest BCUT2D eigenvalue weighted by molar-refractivity contribution is 5.95. The molecule has 6 heteroatoms. The Morgan fingerprint density at radius 3 is 2.64 bits per heavy atom. The Morgan fingerprint density at radius 1 is 1.08 bits per heavy atom. The third-order valence-electron chi connectivity index (χ3n) is 4.81. The van der Waals surface area contributed by atoms with Crippen molar-refractivity contribution in [1.82, 2.24) is 9.80 Å². The van der Waals surface area contributed by atoms with E-state index in [0.717, 1.165) is 12.1 Å². The van der Waals surface area contributed by atoms with Crippen LogP contribution in [-0.2, 0) is 0 Å². The van der Waals surface area contributed by atoms with Crippen molar-refractivity contribution in [2.45, 2.75) is 6.04 Å². The van der Waals surface area contributed by atoms with E-state index in [1.807, 2.05) is 11.9 Å². The molecule has 1 atom stereocenters. The van der Waals surface area contributed by atoms with Crippen LogP contribution in [0.1, 0.15) is 22.0 Å². The van der Waals surface area contributed by atoms with Gasteiger partial charge in [0, 0.05) is 25.2 Å². The second-order valence-corrected chi connectivity index (χ2v) is 6.37. The van der Waals surface area contributed by atoms with Crippen LogP contribution in [0.15, 0.2) is 42.5 Å². The van der Waals surface area contributed by atoms with Gasteiger partial charge in [-0.3, -0.25) is 9.69 Å². The van der Waals surface area contributed by atoms with E-state index in [4.69, 9.17) is 9.47 Å². The van der Waals surface area contributed by atoms with Crippen molar-refractivity contribution in [3.8, 4) is 11.5 Å². The highest BCUT2D eigenvalue weighted by Crippen LogP contribution is 2.33. The van der Waals surface area contributed by atoms with E-state index in [-0.39, 0.29) is 24.6 Å². The first kappa shape index (κ1) is 15.9. The molecule has 0 aromatic heterocycles. The minimum atomic E-state index is -0.254. The number of hydrogen-bond donors (Lipinski definition) is 0. The molecule has 1 saturated heterocycles. The standard InChI is InChI=1S/C19H19FN2O3/c1-21-8-9-22(11-16(21)13-2-5-15(20)6-3-13)19(23)14-4-7-17-18(10-14)25-12-24-17/h2-7,10,16H,8-9,11-12H2,1H3. The van der Waals surface area contributed by atoms with E-state index in [1.165, 1.54) is 12.1 Å². The topological polar surface area (TPSA) is 42.0 Å². The molecule has 0 aliphatic carbocycles. The average molecular weight is 342 g/mol. The van der Waals surface area contributed by atoms with Crippen LogP contribution in [0.2, 0.25) is 0 Å². The Kier molecular flexibility index (Phi) is 4.05.